The Hall–Kier alpha value is -1.47. The van der Waals surface area contributed by atoms with Gasteiger partial charge in [-0.3, -0.25) is 0 Å². The quantitative estimate of drug-likeness (QED) is 0.592. The lowest BCUT2D eigenvalue weighted by Gasteiger charge is -2.32. The average molecular weight is 267 g/mol. The summed E-state index contributed by atoms with van der Waals surface area (Å²) in [6, 6.07) is -0.734. The van der Waals surface area contributed by atoms with Crippen LogP contribution in [0.1, 0.15) is 19.8 Å². The maximum Gasteiger partial charge on any atom is 0.405 e. The molecule has 0 bridgehead atoms. The number of carbonyl (C=O) groups is 1. The Morgan fingerprint density at radius 3 is 2.78 bits per heavy atom. The number of alkyl halides is 3. The third-order valence-electron chi connectivity index (χ3n) is 2.90. The Balaban J connectivity index is 2.51. The van der Waals surface area contributed by atoms with Gasteiger partial charge in [-0.2, -0.15) is 13.2 Å². The fourth-order valence-electron chi connectivity index (χ4n) is 1.88. The van der Waals surface area contributed by atoms with Crippen LogP contribution in [-0.4, -0.2) is 47.7 Å². The SMILES string of the molecule is CCC1CN(C(=O)NCC(F)(F)F)CCC1=NO. The van der Waals surface area contributed by atoms with Gasteiger partial charge in [0.15, 0.2) is 0 Å². The van der Waals surface area contributed by atoms with Crippen LogP contribution in [0.2, 0.25) is 0 Å². The predicted molar refractivity (Wildman–Crippen MR) is 58.6 cm³/mol. The zero-order valence-electron chi connectivity index (χ0n) is 10.00. The van der Waals surface area contributed by atoms with Crippen molar-refractivity contribution in [3.63, 3.8) is 0 Å². The van der Waals surface area contributed by atoms with Crippen molar-refractivity contribution in [3.8, 4) is 0 Å². The first-order valence-corrected chi connectivity index (χ1v) is 5.67. The van der Waals surface area contributed by atoms with Gasteiger partial charge in [0.25, 0.3) is 0 Å². The minimum Gasteiger partial charge on any atom is -0.411 e. The van der Waals surface area contributed by atoms with Gasteiger partial charge in [0.2, 0.25) is 0 Å². The molecule has 0 radical (unpaired) electrons. The molecule has 0 aromatic rings. The van der Waals surface area contributed by atoms with Crippen LogP contribution in [0.15, 0.2) is 5.16 Å². The van der Waals surface area contributed by atoms with Crippen LogP contribution >= 0.6 is 0 Å². The smallest absolute Gasteiger partial charge is 0.405 e. The molecule has 18 heavy (non-hydrogen) atoms. The van der Waals surface area contributed by atoms with Crippen molar-refractivity contribution in [3.05, 3.63) is 0 Å². The molecule has 8 heteroatoms. The first-order valence-electron chi connectivity index (χ1n) is 5.67. The Bertz CT molecular complexity index is 331. The summed E-state index contributed by atoms with van der Waals surface area (Å²) in [7, 11) is 0. The van der Waals surface area contributed by atoms with Crippen molar-refractivity contribution in [2.24, 2.45) is 11.1 Å². The van der Waals surface area contributed by atoms with E-state index < -0.39 is 18.8 Å². The van der Waals surface area contributed by atoms with E-state index in [1.165, 1.54) is 4.90 Å². The van der Waals surface area contributed by atoms with Gasteiger partial charge in [-0.15, -0.1) is 0 Å². The van der Waals surface area contributed by atoms with E-state index >= 15 is 0 Å². The summed E-state index contributed by atoms with van der Waals surface area (Å²) in [6.45, 7) is 1.08. The lowest BCUT2D eigenvalue weighted by molar-refractivity contribution is -0.123. The van der Waals surface area contributed by atoms with Gasteiger partial charge >= 0.3 is 12.2 Å². The summed E-state index contributed by atoms with van der Waals surface area (Å²) >= 11 is 0. The molecule has 2 N–H and O–H groups in total. The Kier molecular flexibility index (Phi) is 4.80. The molecule has 1 fully saturated rings. The molecular weight excluding hydrogens is 251 g/mol. The predicted octanol–water partition coefficient (Wildman–Crippen LogP) is 1.82. The molecule has 1 aliphatic heterocycles. The number of hydrogen-bond donors (Lipinski definition) is 2. The Labute approximate surface area is 103 Å². The second-order valence-electron chi connectivity index (χ2n) is 4.17. The summed E-state index contributed by atoms with van der Waals surface area (Å²) in [5, 5.41) is 13.7. The molecule has 0 aromatic heterocycles. The van der Waals surface area contributed by atoms with Gasteiger partial charge in [0.1, 0.15) is 6.54 Å². The maximum atomic E-state index is 12.0. The van der Waals surface area contributed by atoms with Crippen molar-refractivity contribution in [1.82, 2.24) is 10.2 Å². The first-order chi connectivity index (χ1) is 8.37. The number of hydrogen-bond acceptors (Lipinski definition) is 3. The summed E-state index contributed by atoms with van der Waals surface area (Å²) < 4.78 is 35.9. The van der Waals surface area contributed by atoms with Gasteiger partial charge in [0.05, 0.1) is 5.71 Å². The van der Waals surface area contributed by atoms with E-state index in [4.69, 9.17) is 5.21 Å². The highest BCUT2D eigenvalue weighted by Gasteiger charge is 2.31. The van der Waals surface area contributed by atoms with E-state index in [-0.39, 0.29) is 19.0 Å². The number of urea groups is 1. The average Bonchev–Trinajstić information content (AvgIpc) is 2.34. The van der Waals surface area contributed by atoms with Crippen molar-refractivity contribution in [2.75, 3.05) is 19.6 Å². The third kappa shape index (κ3) is 4.08. The number of piperidine rings is 1. The minimum absolute atomic E-state index is 0.0969. The molecule has 0 saturated carbocycles. The summed E-state index contributed by atoms with van der Waals surface area (Å²) in [5.41, 5.74) is 0.595. The van der Waals surface area contributed by atoms with Gasteiger partial charge < -0.3 is 15.4 Å². The maximum absolute atomic E-state index is 12.0. The largest absolute Gasteiger partial charge is 0.411 e. The van der Waals surface area contributed by atoms with E-state index in [2.05, 4.69) is 5.16 Å². The van der Waals surface area contributed by atoms with E-state index in [0.717, 1.165) is 0 Å². The number of nitrogens with one attached hydrogen (secondary N) is 1. The van der Waals surface area contributed by atoms with Crippen molar-refractivity contribution in [2.45, 2.75) is 25.9 Å². The standard InChI is InChI=1S/C10H16F3N3O2/c1-2-7-5-16(4-3-8(7)15-18)9(17)14-6-10(11,12)13/h7,18H,2-6H2,1H3,(H,14,17). The monoisotopic (exact) mass is 267 g/mol. The second kappa shape index (κ2) is 5.92. The van der Waals surface area contributed by atoms with Crippen LogP contribution in [0.5, 0.6) is 0 Å². The van der Waals surface area contributed by atoms with Crippen LogP contribution in [0, 0.1) is 5.92 Å². The minimum atomic E-state index is -4.41. The molecule has 0 aromatic carbocycles. The molecule has 0 spiro atoms. The number of likely N-dealkylation sites (tertiary alicyclic amines) is 1. The van der Waals surface area contributed by atoms with Crippen molar-refractivity contribution in [1.29, 1.82) is 0 Å². The zero-order valence-corrected chi connectivity index (χ0v) is 10.00. The molecule has 1 heterocycles. The number of nitrogens with zero attached hydrogens (tertiary/aromatic N) is 2. The molecular formula is C10H16F3N3O2. The lowest BCUT2D eigenvalue weighted by Crippen LogP contribution is -2.49. The number of halogens is 3. The molecule has 1 atom stereocenters. The highest BCUT2D eigenvalue weighted by molar-refractivity contribution is 5.89. The number of oxime groups is 1. The van der Waals surface area contributed by atoms with Crippen LogP contribution in [-0.2, 0) is 0 Å². The highest BCUT2D eigenvalue weighted by Crippen LogP contribution is 2.18. The van der Waals surface area contributed by atoms with E-state index in [1.54, 1.807) is 0 Å². The topological polar surface area (TPSA) is 64.9 Å². The normalized spacial score (nSPS) is 23.2. The van der Waals surface area contributed by atoms with Crippen molar-refractivity contribution >= 4 is 11.7 Å². The fourth-order valence-corrected chi connectivity index (χ4v) is 1.88. The third-order valence-corrected chi connectivity index (χ3v) is 2.90. The van der Waals surface area contributed by atoms with Gasteiger partial charge in [0, 0.05) is 25.4 Å². The molecule has 1 unspecified atom stereocenters. The van der Waals surface area contributed by atoms with Crippen molar-refractivity contribution < 1.29 is 23.2 Å². The highest BCUT2D eigenvalue weighted by atomic mass is 19.4. The zero-order chi connectivity index (χ0) is 13.8. The van der Waals surface area contributed by atoms with E-state index in [0.29, 0.717) is 18.6 Å². The number of carbonyl (C=O) groups excluding carboxylic acids is 1. The van der Waals surface area contributed by atoms with Crippen LogP contribution in [0.3, 0.4) is 0 Å². The second-order valence-corrected chi connectivity index (χ2v) is 4.17. The number of rotatable bonds is 2. The molecule has 1 rings (SSSR count). The van der Waals surface area contributed by atoms with Crippen LogP contribution in [0.4, 0.5) is 18.0 Å². The molecule has 5 nitrogen and oxygen atoms in total. The van der Waals surface area contributed by atoms with Gasteiger partial charge in [-0.05, 0) is 6.42 Å². The molecule has 0 aliphatic carbocycles. The Morgan fingerprint density at radius 2 is 2.28 bits per heavy atom. The summed E-state index contributed by atoms with van der Waals surface area (Å²) in [5.74, 6) is -0.0969. The van der Waals surface area contributed by atoms with Crippen LogP contribution in [0.25, 0.3) is 0 Å². The van der Waals surface area contributed by atoms with Crippen LogP contribution < -0.4 is 5.32 Å². The van der Waals surface area contributed by atoms with E-state index in [1.807, 2.05) is 12.2 Å². The fraction of sp³-hybridized carbons (Fsp3) is 0.800. The number of amides is 2. The molecule has 1 saturated heterocycles. The molecule has 1 aliphatic rings. The first kappa shape index (κ1) is 14.6. The molecule has 2 amide bonds. The Morgan fingerprint density at radius 1 is 1.61 bits per heavy atom. The lowest BCUT2D eigenvalue weighted by atomic mass is 9.93. The summed E-state index contributed by atoms with van der Waals surface area (Å²) in [6.07, 6.45) is -3.36. The summed E-state index contributed by atoms with van der Waals surface area (Å²) in [4.78, 5) is 12.8. The van der Waals surface area contributed by atoms with Gasteiger partial charge in [-0.1, -0.05) is 12.1 Å². The van der Waals surface area contributed by atoms with E-state index in [9.17, 15) is 18.0 Å². The molecule has 104 valence electrons. The van der Waals surface area contributed by atoms with Gasteiger partial charge in [-0.25, -0.2) is 4.79 Å².